The average molecular weight is 303 g/mol. The van der Waals surface area contributed by atoms with Crippen molar-refractivity contribution in [1.29, 1.82) is 0 Å². The number of carbonyl (C=O) groups excluding carboxylic acids is 1. The predicted molar refractivity (Wildman–Crippen MR) is 69.6 cm³/mol. The number of halogens is 1. The topological polar surface area (TPSA) is 55.1 Å². The molecule has 0 aliphatic heterocycles. The minimum Gasteiger partial charge on any atom is -0.348 e. The zero-order valence-corrected chi connectivity index (χ0v) is 11.7. The first-order chi connectivity index (χ1) is 7.41. The van der Waals surface area contributed by atoms with Crippen LogP contribution in [0.5, 0.6) is 0 Å². The highest BCUT2D eigenvalue weighted by atomic mass is 79.9. The summed E-state index contributed by atoms with van der Waals surface area (Å²) in [6, 6.07) is 4.09. The maximum absolute atomic E-state index is 11.9. The van der Waals surface area contributed by atoms with E-state index in [1.807, 2.05) is 12.1 Å². The molecule has 88 valence electrons. The van der Waals surface area contributed by atoms with Gasteiger partial charge in [-0.15, -0.1) is 11.3 Å². The van der Waals surface area contributed by atoms with Crippen molar-refractivity contribution < 1.29 is 4.79 Å². The largest absolute Gasteiger partial charge is 0.348 e. The highest BCUT2D eigenvalue weighted by Crippen LogP contribution is 2.39. The van der Waals surface area contributed by atoms with E-state index in [-0.39, 0.29) is 23.4 Å². The summed E-state index contributed by atoms with van der Waals surface area (Å²) in [5.41, 5.74) is 5.91. The molecule has 1 aromatic heterocycles. The van der Waals surface area contributed by atoms with Crippen LogP contribution in [-0.2, 0) is 0 Å². The summed E-state index contributed by atoms with van der Waals surface area (Å²) < 4.78 is 0.974. The summed E-state index contributed by atoms with van der Waals surface area (Å²) in [6.07, 6.45) is 0.866. The molecule has 1 amide bonds. The van der Waals surface area contributed by atoms with Crippen LogP contribution < -0.4 is 11.1 Å². The van der Waals surface area contributed by atoms with Gasteiger partial charge in [0.05, 0.1) is 8.66 Å². The Balaban J connectivity index is 1.99. The lowest BCUT2D eigenvalue weighted by molar-refractivity contribution is 0.0589. The van der Waals surface area contributed by atoms with Crippen molar-refractivity contribution in [3.8, 4) is 0 Å². The van der Waals surface area contributed by atoms with Gasteiger partial charge in [-0.1, -0.05) is 13.8 Å². The standard InChI is InChI=1S/C11H15BrN2OS/c1-11(2)7(13)5-8(11)14-10(15)6-3-4-9(12)16-6/h3-4,7-8H,5,13H2,1-2H3,(H,14,15)/t7-,8-/m0/s1. The molecular weight excluding hydrogens is 288 g/mol. The molecule has 1 aromatic rings. The fraction of sp³-hybridized carbons (Fsp3) is 0.545. The molecule has 16 heavy (non-hydrogen) atoms. The van der Waals surface area contributed by atoms with Crippen LogP contribution in [0.25, 0.3) is 0 Å². The Labute approximate surface area is 108 Å². The van der Waals surface area contributed by atoms with E-state index >= 15 is 0 Å². The molecule has 0 aromatic carbocycles. The van der Waals surface area contributed by atoms with E-state index < -0.39 is 0 Å². The Morgan fingerprint density at radius 1 is 1.62 bits per heavy atom. The smallest absolute Gasteiger partial charge is 0.261 e. The molecule has 0 bridgehead atoms. The van der Waals surface area contributed by atoms with E-state index in [0.717, 1.165) is 15.1 Å². The van der Waals surface area contributed by atoms with E-state index in [9.17, 15) is 4.79 Å². The van der Waals surface area contributed by atoms with Gasteiger partial charge < -0.3 is 11.1 Å². The van der Waals surface area contributed by atoms with Crippen molar-refractivity contribution in [2.45, 2.75) is 32.4 Å². The van der Waals surface area contributed by atoms with Gasteiger partial charge in [0.1, 0.15) is 0 Å². The number of hydrogen-bond acceptors (Lipinski definition) is 3. The number of amides is 1. The lowest BCUT2D eigenvalue weighted by atomic mass is 9.63. The number of nitrogens with one attached hydrogen (secondary N) is 1. The van der Waals surface area contributed by atoms with Crippen molar-refractivity contribution in [2.75, 3.05) is 0 Å². The summed E-state index contributed by atoms with van der Waals surface area (Å²) in [6.45, 7) is 4.19. The molecule has 3 nitrogen and oxygen atoms in total. The second kappa shape index (κ2) is 4.13. The van der Waals surface area contributed by atoms with Crippen molar-refractivity contribution >= 4 is 33.2 Å². The summed E-state index contributed by atoms with van der Waals surface area (Å²) >= 11 is 4.79. The van der Waals surface area contributed by atoms with Crippen molar-refractivity contribution in [2.24, 2.45) is 11.1 Å². The molecule has 0 unspecified atom stereocenters. The summed E-state index contributed by atoms with van der Waals surface area (Å²) in [7, 11) is 0. The van der Waals surface area contributed by atoms with E-state index in [4.69, 9.17) is 5.73 Å². The van der Waals surface area contributed by atoms with Gasteiger partial charge in [-0.25, -0.2) is 0 Å². The number of hydrogen-bond donors (Lipinski definition) is 2. The van der Waals surface area contributed by atoms with Gasteiger partial charge in [0, 0.05) is 17.5 Å². The normalized spacial score (nSPS) is 27.2. The first-order valence-corrected chi connectivity index (χ1v) is 6.84. The Morgan fingerprint density at radius 2 is 2.31 bits per heavy atom. The van der Waals surface area contributed by atoms with Gasteiger partial charge >= 0.3 is 0 Å². The summed E-state index contributed by atoms with van der Waals surface area (Å²) in [4.78, 5) is 12.6. The molecule has 3 N–H and O–H groups in total. The second-order valence-electron chi connectivity index (χ2n) is 4.79. The number of rotatable bonds is 2. The maximum Gasteiger partial charge on any atom is 0.261 e. The van der Waals surface area contributed by atoms with E-state index in [0.29, 0.717) is 0 Å². The molecule has 1 aliphatic carbocycles. The molecular formula is C11H15BrN2OS. The van der Waals surface area contributed by atoms with E-state index in [1.54, 1.807) is 0 Å². The van der Waals surface area contributed by atoms with E-state index in [2.05, 4.69) is 35.1 Å². The van der Waals surface area contributed by atoms with Crippen molar-refractivity contribution in [3.05, 3.63) is 20.8 Å². The van der Waals surface area contributed by atoms with Crippen molar-refractivity contribution in [3.63, 3.8) is 0 Å². The highest BCUT2D eigenvalue weighted by Gasteiger charge is 2.46. The Kier molecular flexibility index (Phi) is 3.11. The molecule has 2 rings (SSSR count). The zero-order chi connectivity index (χ0) is 11.9. The van der Waals surface area contributed by atoms with Crippen molar-refractivity contribution in [1.82, 2.24) is 5.32 Å². The van der Waals surface area contributed by atoms with Gasteiger partial charge in [0.2, 0.25) is 0 Å². The molecule has 1 fully saturated rings. The van der Waals surface area contributed by atoms with Gasteiger partial charge in [-0.3, -0.25) is 4.79 Å². The summed E-state index contributed by atoms with van der Waals surface area (Å²) in [5, 5.41) is 3.04. The van der Waals surface area contributed by atoms with Crippen LogP contribution in [0.2, 0.25) is 0 Å². The molecule has 0 spiro atoms. The Bertz CT molecular complexity index is 416. The average Bonchev–Trinajstić information content (AvgIpc) is 2.64. The molecule has 0 radical (unpaired) electrons. The third kappa shape index (κ3) is 2.04. The van der Waals surface area contributed by atoms with Gasteiger partial charge in [0.25, 0.3) is 5.91 Å². The minimum absolute atomic E-state index is 0.000625. The molecule has 5 heteroatoms. The Morgan fingerprint density at radius 3 is 2.75 bits per heavy atom. The van der Waals surface area contributed by atoms with Crippen LogP contribution in [-0.4, -0.2) is 18.0 Å². The van der Waals surface area contributed by atoms with Crippen LogP contribution in [0.15, 0.2) is 15.9 Å². The predicted octanol–water partition coefficient (Wildman–Crippen LogP) is 2.37. The number of thiophene rings is 1. The summed E-state index contributed by atoms with van der Waals surface area (Å²) in [5.74, 6) is 0.000625. The lowest BCUT2D eigenvalue weighted by Crippen LogP contribution is -2.64. The third-order valence-electron chi connectivity index (χ3n) is 3.45. The maximum atomic E-state index is 11.9. The second-order valence-corrected chi connectivity index (χ2v) is 7.26. The first-order valence-electron chi connectivity index (χ1n) is 5.23. The quantitative estimate of drug-likeness (QED) is 0.881. The first kappa shape index (κ1) is 12.1. The molecule has 1 aliphatic rings. The molecule has 2 atom stereocenters. The molecule has 1 saturated carbocycles. The number of carbonyl (C=O) groups is 1. The lowest BCUT2D eigenvalue weighted by Gasteiger charge is -2.50. The van der Waals surface area contributed by atoms with Gasteiger partial charge in [-0.2, -0.15) is 0 Å². The monoisotopic (exact) mass is 302 g/mol. The molecule has 0 saturated heterocycles. The van der Waals surface area contributed by atoms with Crippen LogP contribution in [0, 0.1) is 5.41 Å². The Hall–Kier alpha value is -0.390. The molecule has 1 heterocycles. The minimum atomic E-state index is 0.000625. The fourth-order valence-electron chi connectivity index (χ4n) is 1.87. The highest BCUT2D eigenvalue weighted by molar-refractivity contribution is 9.11. The van der Waals surface area contributed by atoms with Crippen LogP contribution >= 0.6 is 27.3 Å². The van der Waals surface area contributed by atoms with Gasteiger partial charge in [0.15, 0.2) is 0 Å². The van der Waals surface area contributed by atoms with Crippen LogP contribution in [0.1, 0.15) is 29.9 Å². The number of nitrogens with two attached hydrogens (primary N) is 1. The SMILES string of the molecule is CC1(C)[C@@H](NC(=O)c2ccc(Br)s2)C[C@@H]1N. The fourth-order valence-corrected chi connectivity index (χ4v) is 3.16. The van der Waals surface area contributed by atoms with Gasteiger partial charge in [-0.05, 0) is 34.5 Å². The third-order valence-corrected chi connectivity index (χ3v) is 5.07. The van der Waals surface area contributed by atoms with Crippen LogP contribution in [0.3, 0.4) is 0 Å². The van der Waals surface area contributed by atoms with Crippen LogP contribution in [0.4, 0.5) is 0 Å². The van der Waals surface area contributed by atoms with E-state index in [1.165, 1.54) is 11.3 Å². The zero-order valence-electron chi connectivity index (χ0n) is 9.29.